The molecule has 0 spiro atoms. The number of hydrogen-bond acceptors (Lipinski definition) is 4. The summed E-state index contributed by atoms with van der Waals surface area (Å²) in [6.07, 6.45) is 8.99. The van der Waals surface area contributed by atoms with Crippen LogP contribution < -0.4 is 4.74 Å². The summed E-state index contributed by atoms with van der Waals surface area (Å²) in [5.74, 6) is 0.474. The van der Waals surface area contributed by atoms with Gasteiger partial charge in [0.1, 0.15) is 18.0 Å². The standard InChI is InChI=1S/C32H39NO3/c1-31(2,3)36-30(34)27(23-32(19-9-5-10-20-32)29-14-8-11-21-33-29)22-25-15-17-28(18-16-25)35-24-26-12-6-4-7-13-26/h4,6-8,11-18,21,27H,5,9-10,19-20,22-24H2,1-3H3. The number of hydrogen-bond donors (Lipinski definition) is 0. The molecule has 1 atom stereocenters. The molecule has 1 saturated carbocycles. The minimum Gasteiger partial charge on any atom is -0.489 e. The Bertz CT molecular complexity index is 1080. The molecular formula is C32H39NO3. The van der Waals surface area contributed by atoms with Crippen LogP contribution in [0.25, 0.3) is 0 Å². The number of ether oxygens (including phenoxy) is 2. The second-order valence-electron chi connectivity index (χ2n) is 11.1. The Morgan fingerprint density at radius 3 is 2.22 bits per heavy atom. The van der Waals surface area contributed by atoms with Gasteiger partial charge in [0.25, 0.3) is 0 Å². The van der Waals surface area contributed by atoms with Gasteiger partial charge in [0.15, 0.2) is 0 Å². The van der Waals surface area contributed by atoms with Crippen molar-refractivity contribution in [2.75, 3.05) is 0 Å². The maximum absolute atomic E-state index is 13.5. The summed E-state index contributed by atoms with van der Waals surface area (Å²) < 4.78 is 11.9. The van der Waals surface area contributed by atoms with Crippen LogP contribution in [0.15, 0.2) is 79.0 Å². The van der Waals surface area contributed by atoms with Crippen molar-refractivity contribution < 1.29 is 14.3 Å². The smallest absolute Gasteiger partial charge is 0.309 e. The fraction of sp³-hybridized carbons (Fsp3) is 0.438. The highest BCUT2D eigenvalue weighted by molar-refractivity contribution is 5.73. The summed E-state index contributed by atoms with van der Waals surface area (Å²) in [7, 11) is 0. The summed E-state index contributed by atoms with van der Waals surface area (Å²) in [4.78, 5) is 18.2. The first-order chi connectivity index (χ1) is 17.3. The Hall–Kier alpha value is -3.14. The van der Waals surface area contributed by atoms with Crippen molar-refractivity contribution in [1.29, 1.82) is 0 Å². The molecule has 0 radical (unpaired) electrons. The second-order valence-corrected chi connectivity index (χ2v) is 11.1. The van der Waals surface area contributed by atoms with Crippen LogP contribution in [0.5, 0.6) is 5.75 Å². The molecule has 0 bridgehead atoms. The van der Waals surface area contributed by atoms with E-state index >= 15 is 0 Å². The number of nitrogens with zero attached hydrogens (tertiary/aromatic N) is 1. The van der Waals surface area contributed by atoms with Crippen LogP contribution in [0.1, 0.15) is 76.1 Å². The maximum atomic E-state index is 13.5. The Balaban J connectivity index is 1.52. The third kappa shape index (κ3) is 7.19. The Morgan fingerprint density at radius 2 is 1.58 bits per heavy atom. The van der Waals surface area contributed by atoms with Crippen LogP contribution in [-0.4, -0.2) is 16.6 Å². The number of aromatic nitrogens is 1. The van der Waals surface area contributed by atoms with E-state index in [9.17, 15) is 4.79 Å². The highest BCUT2D eigenvalue weighted by Crippen LogP contribution is 2.44. The summed E-state index contributed by atoms with van der Waals surface area (Å²) in [6, 6.07) is 24.5. The minimum absolute atomic E-state index is 0.0835. The Labute approximate surface area is 216 Å². The zero-order valence-electron chi connectivity index (χ0n) is 21.9. The van der Waals surface area contributed by atoms with Crippen molar-refractivity contribution in [3.8, 4) is 5.75 Å². The lowest BCUT2D eigenvalue weighted by Crippen LogP contribution is -2.38. The summed E-state index contributed by atoms with van der Waals surface area (Å²) in [5.41, 5.74) is 2.77. The van der Waals surface area contributed by atoms with Gasteiger partial charge < -0.3 is 9.47 Å². The van der Waals surface area contributed by atoms with Gasteiger partial charge in [-0.1, -0.05) is 67.8 Å². The first-order valence-corrected chi connectivity index (χ1v) is 13.2. The predicted molar refractivity (Wildman–Crippen MR) is 144 cm³/mol. The fourth-order valence-corrected chi connectivity index (χ4v) is 5.31. The summed E-state index contributed by atoms with van der Waals surface area (Å²) in [6.45, 7) is 6.36. The molecule has 0 saturated heterocycles. The molecule has 4 heteroatoms. The van der Waals surface area contributed by atoms with Gasteiger partial charge in [-0.15, -0.1) is 0 Å². The molecule has 190 valence electrons. The normalized spacial score (nSPS) is 16.2. The van der Waals surface area contributed by atoms with Gasteiger partial charge >= 0.3 is 5.97 Å². The van der Waals surface area contributed by atoms with E-state index in [1.165, 1.54) is 19.3 Å². The molecule has 0 aliphatic heterocycles. The van der Waals surface area contributed by atoms with Gasteiger partial charge in [-0.2, -0.15) is 0 Å². The van der Waals surface area contributed by atoms with Crippen molar-refractivity contribution in [1.82, 2.24) is 4.98 Å². The van der Waals surface area contributed by atoms with Gasteiger partial charge in [-0.25, -0.2) is 0 Å². The SMILES string of the molecule is CC(C)(C)OC(=O)C(Cc1ccc(OCc2ccccc2)cc1)CC1(c2ccccn2)CCCCC1. The highest BCUT2D eigenvalue weighted by atomic mass is 16.6. The monoisotopic (exact) mass is 485 g/mol. The topological polar surface area (TPSA) is 48.4 Å². The molecule has 2 aromatic carbocycles. The molecule has 0 N–H and O–H groups in total. The first-order valence-electron chi connectivity index (χ1n) is 13.2. The number of esters is 1. The molecule has 1 fully saturated rings. The molecule has 4 rings (SSSR count). The zero-order chi connectivity index (χ0) is 25.4. The highest BCUT2D eigenvalue weighted by Gasteiger charge is 2.40. The number of pyridine rings is 1. The lowest BCUT2D eigenvalue weighted by molar-refractivity contribution is -0.161. The van der Waals surface area contributed by atoms with Gasteiger partial charge in [0.05, 0.1) is 5.92 Å². The van der Waals surface area contributed by atoms with E-state index in [2.05, 4.69) is 36.4 Å². The molecule has 1 unspecified atom stereocenters. The van der Waals surface area contributed by atoms with Gasteiger partial charge in [0.2, 0.25) is 0 Å². The molecule has 36 heavy (non-hydrogen) atoms. The van der Waals surface area contributed by atoms with E-state index in [4.69, 9.17) is 14.5 Å². The van der Waals surface area contributed by atoms with Crippen LogP contribution in [0.4, 0.5) is 0 Å². The van der Waals surface area contributed by atoms with E-state index < -0.39 is 5.60 Å². The van der Waals surface area contributed by atoms with Gasteiger partial charge in [0, 0.05) is 17.3 Å². The maximum Gasteiger partial charge on any atom is 0.309 e. The predicted octanol–water partition coefficient (Wildman–Crippen LogP) is 7.45. The third-order valence-corrected chi connectivity index (χ3v) is 7.05. The largest absolute Gasteiger partial charge is 0.489 e. The molecule has 1 aliphatic rings. The van der Waals surface area contributed by atoms with E-state index in [0.717, 1.165) is 41.8 Å². The van der Waals surface area contributed by atoms with Crippen molar-refractivity contribution in [2.24, 2.45) is 5.92 Å². The average molecular weight is 486 g/mol. The summed E-state index contributed by atoms with van der Waals surface area (Å²) >= 11 is 0. The van der Waals surface area contributed by atoms with E-state index in [1.54, 1.807) is 0 Å². The summed E-state index contributed by atoms with van der Waals surface area (Å²) in [5, 5.41) is 0. The van der Waals surface area contributed by atoms with Crippen LogP contribution in [-0.2, 0) is 28.0 Å². The Morgan fingerprint density at radius 1 is 0.889 bits per heavy atom. The van der Waals surface area contributed by atoms with Crippen molar-refractivity contribution >= 4 is 5.97 Å². The van der Waals surface area contributed by atoms with Gasteiger partial charge in [-0.05, 0) is 81.8 Å². The first kappa shape index (κ1) is 25.9. The number of carbonyl (C=O) groups excluding carboxylic acids is 1. The second kappa shape index (κ2) is 11.7. The number of carbonyl (C=O) groups is 1. The molecule has 4 nitrogen and oxygen atoms in total. The molecule has 3 aromatic rings. The van der Waals surface area contributed by atoms with Crippen molar-refractivity contribution in [3.05, 3.63) is 95.8 Å². The Kier molecular flexibility index (Phi) is 8.45. The van der Waals surface area contributed by atoms with Crippen LogP contribution in [0, 0.1) is 5.92 Å². The van der Waals surface area contributed by atoms with Crippen LogP contribution in [0.3, 0.4) is 0 Å². The lowest BCUT2D eigenvalue weighted by Gasteiger charge is -2.39. The average Bonchev–Trinajstić information content (AvgIpc) is 2.88. The quantitative estimate of drug-likeness (QED) is 0.295. The number of rotatable bonds is 9. The fourth-order valence-electron chi connectivity index (χ4n) is 5.31. The van der Waals surface area contributed by atoms with Crippen molar-refractivity contribution in [2.45, 2.75) is 83.3 Å². The molecule has 1 aromatic heterocycles. The van der Waals surface area contributed by atoms with Gasteiger partial charge in [-0.3, -0.25) is 9.78 Å². The van der Waals surface area contributed by atoms with E-state index in [0.29, 0.717) is 13.0 Å². The number of benzene rings is 2. The molecule has 0 amide bonds. The minimum atomic E-state index is -0.519. The lowest BCUT2D eigenvalue weighted by atomic mass is 9.66. The zero-order valence-corrected chi connectivity index (χ0v) is 21.9. The third-order valence-electron chi connectivity index (χ3n) is 7.05. The molecule has 1 aliphatic carbocycles. The van der Waals surface area contributed by atoms with E-state index in [-0.39, 0.29) is 17.3 Å². The van der Waals surface area contributed by atoms with Crippen LogP contribution in [0.2, 0.25) is 0 Å². The molecular weight excluding hydrogens is 446 g/mol. The molecule has 1 heterocycles. The van der Waals surface area contributed by atoms with Crippen LogP contribution >= 0.6 is 0 Å². The van der Waals surface area contributed by atoms with E-state index in [1.807, 2.05) is 63.4 Å². The van der Waals surface area contributed by atoms with Crippen molar-refractivity contribution in [3.63, 3.8) is 0 Å².